The first-order chi connectivity index (χ1) is 15.3. The lowest BCUT2D eigenvalue weighted by Crippen LogP contribution is -2.54. The van der Waals surface area contributed by atoms with Crippen LogP contribution in [-0.4, -0.2) is 42.9 Å². The second kappa shape index (κ2) is 8.65. The molecule has 0 saturated heterocycles. The Hall–Kier alpha value is -3.35. The van der Waals surface area contributed by atoms with Gasteiger partial charge < -0.3 is 14.8 Å². The SMILES string of the molecule is COc1ccc(C(=O)CN2C(=O)C(C)(C)Oc3ccc(C(=O)NC4CCCC4)cc32)cc1. The van der Waals surface area contributed by atoms with Gasteiger partial charge in [-0.25, -0.2) is 0 Å². The van der Waals surface area contributed by atoms with E-state index in [1.54, 1.807) is 63.4 Å². The number of fused-ring (bicyclic) bond motifs is 1. The van der Waals surface area contributed by atoms with E-state index >= 15 is 0 Å². The molecule has 2 aromatic carbocycles. The van der Waals surface area contributed by atoms with Crippen molar-refractivity contribution < 1.29 is 23.9 Å². The molecule has 0 aromatic heterocycles. The van der Waals surface area contributed by atoms with Crippen molar-refractivity contribution in [3.8, 4) is 11.5 Å². The topological polar surface area (TPSA) is 84.9 Å². The molecule has 1 N–H and O–H groups in total. The first kappa shape index (κ1) is 21.9. The fourth-order valence-corrected chi connectivity index (χ4v) is 4.22. The van der Waals surface area contributed by atoms with Crippen molar-refractivity contribution in [1.29, 1.82) is 0 Å². The number of hydrogen-bond acceptors (Lipinski definition) is 5. The smallest absolute Gasteiger partial charge is 0.271 e. The summed E-state index contributed by atoms with van der Waals surface area (Å²) >= 11 is 0. The summed E-state index contributed by atoms with van der Waals surface area (Å²) in [5.74, 6) is 0.382. The minimum atomic E-state index is -1.12. The van der Waals surface area contributed by atoms with Crippen LogP contribution in [0.4, 0.5) is 5.69 Å². The molecule has 168 valence electrons. The maximum Gasteiger partial charge on any atom is 0.271 e. The average molecular weight is 437 g/mol. The molecular formula is C25H28N2O5. The van der Waals surface area contributed by atoms with E-state index in [4.69, 9.17) is 9.47 Å². The van der Waals surface area contributed by atoms with Gasteiger partial charge in [0.2, 0.25) is 0 Å². The molecule has 0 atom stereocenters. The average Bonchev–Trinajstić information content (AvgIpc) is 3.29. The van der Waals surface area contributed by atoms with Gasteiger partial charge in [0.25, 0.3) is 11.8 Å². The van der Waals surface area contributed by atoms with E-state index in [-0.39, 0.29) is 30.2 Å². The summed E-state index contributed by atoms with van der Waals surface area (Å²) in [6.07, 6.45) is 4.20. The zero-order valence-electron chi connectivity index (χ0n) is 18.6. The number of benzene rings is 2. The predicted molar refractivity (Wildman–Crippen MR) is 121 cm³/mol. The number of amides is 2. The van der Waals surface area contributed by atoms with Crippen molar-refractivity contribution in [2.24, 2.45) is 0 Å². The van der Waals surface area contributed by atoms with Crippen molar-refractivity contribution in [2.45, 2.75) is 51.2 Å². The number of ketones is 1. The molecule has 1 saturated carbocycles. The lowest BCUT2D eigenvalue weighted by molar-refractivity contribution is -0.132. The number of rotatable bonds is 6. The van der Waals surface area contributed by atoms with Gasteiger partial charge in [0, 0.05) is 17.2 Å². The van der Waals surface area contributed by atoms with Crippen molar-refractivity contribution in [2.75, 3.05) is 18.6 Å². The molecule has 0 bridgehead atoms. The molecule has 0 unspecified atom stereocenters. The van der Waals surface area contributed by atoms with Crippen LogP contribution in [0.25, 0.3) is 0 Å². The third-order valence-electron chi connectivity index (χ3n) is 6.04. The molecule has 7 heteroatoms. The number of anilines is 1. The number of carbonyl (C=O) groups excluding carboxylic acids is 3. The number of ether oxygens (including phenoxy) is 2. The zero-order valence-corrected chi connectivity index (χ0v) is 18.6. The highest BCUT2D eigenvalue weighted by molar-refractivity contribution is 6.10. The van der Waals surface area contributed by atoms with Gasteiger partial charge >= 0.3 is 0 Å². The minimum absolute atomic E-state index is 0.154. The van der Waals surface area contributed by atoms with E-state index < -0.39 is 5.60 Å². The van der Waals surface area contributed by atoms with Gasteiger partial charge in [-0.15, -0.1) is 0 Å². The number of carbonyl (C=O) groups is 3. The van der Waals surface area contributed by atoms with E-state index in [0.29, 0.717) is 28.3 Å². The summed E-state index contributed by atoms with van der Waals surface area (Å²) in [6.45, 7) is 3.19. The van der Waals surface area contributed by atoms with Gasteiger partial charge in [0.05, 0.1) is 19.3 Å². The van der Waals surface area contributed by atoms with Crippen molar-refractivity contribution >= 4 is 23.3 Å². The van der Waals surface area contributed by atoms with E-state index in [0.717, 1.165) is 25.7 Å². The lowest BCUT2D eigenvalue weighted by atomic mass is 10.0. The lowest BCUT2D eigenvalue weighted by Gasteiger charge is -2.38. The Bertz CT molecular complexity index is 1040. The Labute approximate surface area is 187 Å². The van der Waals surface area contributed by atoms with Crippen LogP contribution in [0.5, 0.6) is 11.5 Å². The summed E-state index contributed by atoms with van der Waals surface area (Å²) in [5.41, 5.74) is 0.212. The fraction of sp³-hybridized carbons (Fsp3) is 0.400. The van der Waals surface area contributed by atoms with Gasteiger partial charge in [0.15, 0.2) is 11.4 Å². The van der Waals surface area contributed by atoms with Crippen LogP contribution in [-0.2, 0) is 4.79 Å². The van der Waals surface area contributed by atoms with Crippen molar-refractivity contribution in [3.63, 3.8) is 0 Å². The zero-order chi connectivity index (χ0) is 22.9. The Kier molecular flexibility index (Phi) is 5.91. The molecule has 2 aromatic rings. The van der Waals surface area contributed by atoms with Crippen LogP contribution in [0.2, 0.25) is 0 Å². The second-order valence-corrected chi connectivity index (χ2v) is 8.79. The van der Waals surface area contributed by atoms with Crippen molar-refractivity contribution in [1.82, 2.24) is 5.32 Å². The standard InChI is InChI=1S/C25H28N2O5/c1-25(2)24(30)27(15-21(28)16-8-11-19(31-3)12-9-16)20-14-17(10-13-22(20)32-25)23(29)26-18-6-4-5-7-18/h8-14,18H,4-7,15H2,1-3H3,(H,26,29). The molecule has 1 fully saturated rings. The predicted octanol–water partition coefficient (Wildman–Crippen LogP) is 3.75. The van der Waals surface area contributed by atoms with Crippen LogP contribution in [0.1, 0.15) is 60.2 Å². The normalized spacial score (nSPS) is 17.5. The van der Waals surface area contributed by atoms with Gasteiger partial charge in [-0.2, -0.15) is 0 Å². The maximum absolute atomic E-state index is 13.2. The van der Waals surface area contributed by atoms with Crippen LogP contribution in [0.15, 0.2) is 42.5 Å². The number of hydrogen-bond donors (Lipinski definition) is 1. The summed E-state index contributed by atoms with van der Waals surface area (Å²) in [5, 5.41) is 3.06. The molecule has 32 heavy (non-hydrogen) atoms. The Morgan fingerprint density at radius 3 is 2.41 bits per heavy atom. The fourth-order valence-electron chi connectivity index (χ4n) is 4.22. The monoisotopic (exact) mass is 436 g/mol. The van der Waals surface area contributed by atoms with Crippen LogP contribution >= 0.6 is 0 Å². The molecule has 0 radical (unpaired) electrons. The van der Waals surface area contributed by atoms with Gasteiger partial charge in [-0.3, -0.25) is 19.3 Å². The highest BCUT2D eigenvalue weighted by Crippen LogP contribution is 2.38. The number of nitrogens with zero attached hydrogens (tertiary/aromatic N) is 1. The van der Waals surface area contributed by atoms with Crippen LogP contribution in [0.3, 0.4) is 0 Å². The van der Waals surface area contributed by atoms with E-state index in [1.807, 2.05) is 0 Å². The molecule has 0 spiro atoms. The molecule has 2 aliphatic rings. The molecular weight excluding hydrogens is 408 g/mol. The van der Waals surface area contributed by atoms with Gasteiger partial charge in [0.1, 0.15) is 11.5 Å². The minimum Gasteiger partial charge on any atom is -0.497 e. The molecule has 1 aliphatic carbocycles. The molecule has 1 aliphatic heterocycles. The second-order valence-electron chi connectivity index (χ2n) is 8.79. The van der Waals surface area contributed by atoms with E-state index in [1.165, 1.54) is 4.90 Å². The summed E-state index contributed by atoms with van der Waals surface area (Å²) in [4.78, 5) is 40.3. The van der Waals surface area contributed by atoms with Gasteiger partial charge in [-0.1, -0.05) is 12.8 Å². The van der Waals surface area contributed by atoms with Gasteiger partial charge in [-0.05, 0) is 69.2 Å². The number of methoxy groups -OCH3 is 1. The van der Waals surface area contributed by atoms with E-state index in [2.05, 4.69) is 5.32 Å². The van der Waals surface area contributed by atoms with Crippen molar-refractivity contribution in [3.05, 3.63) is 53.6 Å². The number of nitrogens with one attached hydrogen (secondary N) is 1. The highest BCUT2D eigenvalue weighted by Gasteiger charge is 2.42. The molecule has 7 nitrogen and oxygen atoms in total. The Morgan fingerprint density at radius 1 is 1.09 bits per heavy atom. The number of Topliss-reactive ketones (excluding diaryl/α,β-unsaturated/α-hetero) is 1. The third kappa shape index (κ3) is 4.33. The Morgan fingerprint density at radius 2 is 1.75 bits per heavy atom. The van der Waals surface area contributed by atoms with E-state index in [9.17, 15) is 14.4 Å². The third-order valence-corrected chi connectivity index (χ3v) is 6.04. The molecule has 4 rings (SSSR count). The maximum atomic E-state index is 13.2. The summed E-state index contributed by atoms with van der Waals surface area (Å²) in [7, 11) is 1.56. The first-order valence-electron chi connectivity index (χ1n) is 10.9. The highest BCUT2D eigenvalue weighted by atomic mass is 16.5. The van der Waals surface area contributed by atoms with Crippen LogP contribution in [0, 0.1) is 0 Å². The molecule has 1 heterocycles. The molecule has 2 amide bonds. The summed E-state index contributed by atoms with van der Waals surface area (Å²) in [6, 6.07) is 12.0. The first-order valence-corrected chi connectivity index (χ1v) is 10.9. The summed E-state index contributed by atoms with van der Waals surface area (Å²) < 4.78 is 11.0. The quantitative estimate of drug-likeness (QED) is 0.697. The largest absolute Gasteiger partial charge is 0.497 e. The van der Waals surface area contributed by atoms with Crippen LogP contribution < -0.4 is 19.7 Å². The Balaban J connectivity index is 1.61.